The van der Waals surface area contributed by atoms with Gasteiger partial charge in [0.1, 0.15) is 28.8 Å². The van der Waals surface area contributed by atoms with Gasteiger partial charge < -0.3 is 29.9 Å². The number of carbonyl (C=O) groups is 3. The summed E-state index contributed by atoms with van der Waals surface area (Å²) < 4.78 is 23.8. The molecule has 1 aliphatic carbocycles. The molecule has 3 aromatic carbocycles. The molecule has 0 radical (unpaired) electrons. The first-order valence-corrected chi connectivity index (χ1v) is 26.1. The highest BCUT2D eigenvalue weighted by Gasteiger charge is 2.50. The zero-order chi connectivity index (χ0) is 48.8. The van der Waals surface area contributed by atoms with Crippen molar-refractivity contribution in [3.8, 4) is 23.0 Å². The van der Waals surface area contributed by atoms with E-state index in [-0.39, 0.29) is 46.6 Å². The van der Waals surface area contributed by atoms with E-state index in [4.69, 9.17) is 19.7 Å². The predicted octanol–water partition coefficient (Wildman–Crippen LogP) is 6.32. The third-order valence-corrected chi connectivity index (χ3v) is 17.0. The Bertz CT molecular complexity index is 2930. The predicted molar refractivity (Wildman–Crippen MR) is 272 cm³/mol. The molecule has 1 saturated carbocycles. The number of piperazine rings is 2. The van der Waals surface area contributed by atoms with Crippen LogP contribution in [0, 0.1) is 17.2 Å². The molecule has 0 spiro atoms. The molecule has 5 saturated heterocycles. The van der Waals surface area contributed by atoms with Crippen LogP contribution in [0.3, 0.4) is 0 Å². The molecule has 6 aliphatic heterocycles. The fourth-order valence-corrected chi connectivity index (χ4v) is 12.7. The molecule has 2 bridgehead atoms. The van der Waals surface area contributed by atoms with Gasteiger partial charge in [-0.15, -0.1) is 0 Å². The van der Waals surface area contributed by atoms with Crippen LogP contribution in [-0.2, 0) is 26.2 Å². The van der Waals surface area contributed by atoms with Gasteiger partial charge in [0.15, 0.2) is 5.82 Å². The fourth-order valence-electron chi connectivity index (χ4n) is 12.7. The first kappa shape index (κ1) is 46.1. The Kier molecular flexibility index (Phi) is 11.7. The molecule has 3 atom stereocenters. The van der Waals surface area contributed by atoms with Crippen molar-refractivity contribution in [2.24, 2.45) is 11.3 Å². The SMILES string of the molecule is CCc1cccc2cc(O)cc(-c3ncc4c(N5CC6CCC(C5)N6)nc(OCC5(CN6CCC(CN7CCN(c8ccc9c(c8)C(C)(C)C(=O)N9C8CCC(=O)NC8=O)CC7)CC6)CC5)nc4c3F)c12. The molecule has 3 unspecified atom stereocenters. The number of ether oxygens (including phenoxy) is 1. The number of likely N-dealkylation sites (tertiary alicyclic amines) is 1. The number of phenols is 1. The van der Waals surface area contributed by atoms with Crippen molar-refractivity contribution in [3.63, 3.8) is 0 Å². The summed E-state index contributed by atoms with van der Waals surface area (Å²) >= 11 is 0. The second-order valence-electron chi connectivity index (χ2n) is 22.2. The van der Waals surface area contributed by atoms with Crippen molar-refractivity contribution >= 4 is 56.6 Å². The van der Waals surface area contributed by atoms with Crippen LogP contribution >= 0.6 is 0 Å². The summed E-state index contributed by atoms with van der Waals surface area (Å²) in [6.45, 7) is 15.9. The third kappa shape index (κ3) is 8.52. The van der Waals surface area contributed by atoms with Gasteiger partial charge in [0.2, 0.25) is 17.7 Å². The monoisotopic (exact) mass is 965 g/mol. The molecule has 372 valence electrons. The number of aromatic nitrogens is 3. The highest BCUT2D eigenvalue weighted by Crippen LogP contribution is 2.48. The van der Waals surface area contributed by atoms with Crippen LogP contribution in [0.5, 0.6) is 11.8 Å². The summed E-state index contributed by atoms with van der Waals surface area (Å²) in [5, 5.41) is 19.2. The maximum Gasteiger partial charge on any atom is 0.319 e. The number of aromatic hydroxyl groups is 1. The molecular formula is C55H65FN10O5. The summed E-state index contributed by atoms with van der Waals surface area (Å²) in [7, 11) is 0. The lowest BCUT2D eigenvalue weighted by Gasteiger charge is -2.40. The minimum Gasteiger partial charge on any atom is -0.508 e. The van der Waals surface area contributed by atoms with Crippen LogP contribution in [0.25, 0.3) is 32.9 Å². The Morgan fingerprint density at radius 1 is 0.873 bits per heavy atom. The molecule has 71 heavy (non-hydrogen) atoms. The number of benzene rings is 3. The molecule has 16 heteroatoms. The van der Waals surface area contributed by atoms with Gasteiger partial charge >= 0.3 is 6.01 Å². The van der Waals surface area contributed by atoms with Crippen molar-refractivity contribution in [2.75, 3.05) is 86.8 Å². The number of nitrogens with zero attached hydrogens (tertiary/aromatic N) is 8. The van der Waals surface area contributed by atoms with Crippen LogP contribution in [0.4, 0.5) is 21.6 Å². The van der Waals surface area contributed by atoms with Crippen LogP contribution in [0.15, 0.2) is 54.7 Å². The third-order valence-electron chi connectivity index (χ3n) is 17.0. The van der Waals surface area contributed by atoms with E-state index in [1.807, 2.05) is 38.1 Å². The van der Waals surface area contributed by atoms with Crippen molar-refractivity contribution in [1.29, 1.82) is 0 Å². The van der Waals surface area contributed by atoms with Gasteiger partial charge in [-0.05, 0) is 136 Å². The minimum absolute atomic E-state index is 0.0120. The Balaban J connectivity index is 0.684. The number of rotatable bonds is 12. The maximum absolute atomic E-state index is 17.2. The van der Waals surface area contributed by atoms with Crippen LogP contribution in [-0.4, -0.2) is 138 Å². The normalized spacial score (nSPS) is 24.5. The van der Waals surface area contributed by atoms with Crippen molar-refractivity contribution in [1.82, 2.24) is 35.4 Å². The molecule has 6 fully saturated rings. The lowest BCUT2D eigenvalue weighted by molar-refractivity contribution is -0.136. The quantitative estimate of drug-likeness (QED) is 0.120. The summed E-state index contributed by atoms with van der Waals surface area (Å²) in [5.74, 6) is 0.0249. The van der Waals surface area contributed by atoms with E-state index in [1.165, 1.54) is 0 Å². The summed E-state index contributed by atoms with van der Waals surface area (Å²) in [6, 6.07) is 15.7. The van der Waals surface area contributed by atoms with Crippen LogP contribution < -0.4 is 30.1 Å². The molecule has 8 heterocycles. The number of hydrogen-bond donors (Lipinski definition) is 3. The molecule has 15 nitrogen and oxygen atoms in total. The Hall–Kier alpha value is -5.97. The van der Waals surface area contributed by atoms with E-state index in [1.54, 1.807) is 23.2 Å². The zero-order valence-electron chi connectivity index (χ0n) is 41.2. The highest BCUT2D eigenvalue weighted by molar-refractivity contribution is 6.14. The molecular weight excluding hydrogens is 900 g/mol. The van der Waals surface area contributed by atoms with Gasteiger partial charge in [0.05, 0.1) is 17.4 Å². The Labute approximate surface area is 414 Å². The van der Waals surface area contributed by atoms with Gasteiger partial charge in [0, 0.05) is 99.4 Å². The average Bonchev–Trinajstić information content (AvgIpc) is 4.01. The number of phenolic OH excluding ortho intramolecular Hbond substituents is 1. The Morgan fingerprint density at radius 3 is 2.38 bits per heavy atom. The number of pyridine rings is 1. The number of nitrogens with one attached hydrogen (secondary N) is 2. The van der Waals surface area contributed by atoms with E-state index in [0.717, 1.165) is 144 Å². The van der Waals surface area contributed by atoms with Gasteiger partial charge in [0.25, 0.3) is 0 Å². The minimum atomic E-state index is -0.772. The summed E-state index contributed by atoms with van der Waals surface area (Å²) in [6.07, 6.45) is 9.67. The first-order chi connectivity index (χ1) is 34.3. The average molecular weight is 965 g/mol. The number of halogens is 1. The van der Waals surface area contributed by atoms with Gasteiger partial charge in [-0.3, -0.25) is 34.5 Å². The lowest BCUT2D eigenvalue weighted by Crippen LogP contribution is -2.55. The maximum atomic E-state index is 17.2. The largest absolute Gasteiger partial charge is 0.508 e. The summed E-state index contributed by atoms with van der Waals surface area (Å²) in [4.78, 5) is 64.5. The fraction of sp³-hybridized carbons (Fsp3) is 0.527. The molecule has 7 aliphatic rings. The van der Waals surface area contributed by atoms with Gasteiger partial charge in [-0.1, -0.05) is 25.1 Å². The number of anilines is 3. The van der Waals surface area contributed by atoms with E-state index < -0.39 is 23.2 Å². The molecule has 3 N–H and O–H groups in total. The number of aryl methyl sites for hydroxylation is 1. The molecule has 12 rings (SSSR count). The second kappa shape index (κ2) is 18.0. The van der Waals surface area contributed by atoms with Crippen LogP contribution in [0.2, 0.25) is 0 Å². The van der Waals surface area contributed by atoms with Crippen molar-refractivity contribution in [3.05, 3.63) is 71.7 Å². The smallest absolute Gasteiger partial charge is 0.319 e. The van der Waals surface area contributed by atoms with Gasteiger partial charge in [-0.25, -0.2) is 4.39 Å². The zero-order valence-corrected chi connectivity index (χ0v) is 41.2. The van der Waals surface area contributed by atoms with Crippen molar-refractivity contribution < 1.29 is 28.6 Å². The second-order valence-corrected chi connectivity index (χ2v) is 22.2. The number of carbonyl (C=O) groups excluding carboxylic acids is 3. The van der Waals surface area contributed by atoms with Gasteiger partial charge in [-0.2, -0.15) is 9.97 Å². The number of hydrogen-bond acceptors (Lipinski definition) is 13. The first-order valence-electron chi connectivity index (χ1n) is 26.1. The molecule has 5 aromatic rings. The van der Waals surface area contributed by atoms with E-state index in [9.17, 15) is 19.5 Å². The number of fused-ring (bicyclic) bond motifs is 5. The molecule has 3 amide bonds. The van der Waals surface area contributed by atoms with E-state index in [0.29, 0.717) is 47.8 Å². The highest BCUT2D eigenvalue weighted by atomic mass is 19.1. The summed E-state index contributed by atoms with van der Waals surface area (Å²) in [5.41, 5.74) is 3.97. The van der Waals surface area contributed by atoms with Crippen LogP contribution in [0.1, 0.15) is 83.3 Å². The number of amides is 3. The van der Waals surface area contributed by atoms with Crippen molar-refractivity contribution in [2.45, 2.75) is 102 Å². The topological polar surface area (TPSA) is 160 Å². The lowest BCUT2D eigenvalue weighted by atomic mass is 9.86. The molecule has 2 aromatic heterocycles. The van der Waals surface area contributed by atoms with E-state index >= 15 is 4.39 Å². The Morgan fingerprint density at radius 2 is 1.65 bits per heavy atom. The number of imide groups is 1. The number of piperidine rings is 2. The standard InChI is InChI=1S/C55H65FN10O5/c1-4-34-6-5-7-35-24-39(67)26-40(46(34)35)48-47(56)49-41(27-57-48)50(65-29-36-8-9-37(30-65)58-36)61-53(60-49)71-32-55(16-17-55)31-63-18-14-33(15-19-63)28-62-20-22-64(23-21-62)38-10-11-43-42(25-38)54(2,3)52(70)66(43)44-12-13-45(68)59-51(44)69/h5-7,10-11,24-27,33,36-37,44,58,67H,4,8-9,12-23,28-32H2,1-3H3,(H,59,68,69). The van der Waals surface area contributed by atoms with E-state index in [2.05, 4.69) is 49.3 Å².